The van der Waals surface area contributed by atoms with Gasteiger partial charge in [0.2, 0.25) is 5.91 Å². The molecule has 1 aliphatic carbocycles. The first-order chi connectivity index (χ1) is 8.81. The van der Waals surface area contributed by atoms with Gasteiger partial charge >= 0.3 is 0 Å². The number of aryl methyl sites for hydroxylation is 1. The van der Waals surface area contributed by atoms with E-state index in [1.54, 1.807) is 6.20 Å². The maximum atomic E-state index is 12.2. The van der Waals surface area contributed by atoms with Crippen LogP contribution in [0.2, 0.25) is 0 Å². The van der Waals surface area contributed by atoms with Crippen LogP contribution in [-0.4, -0.2) is 34.1 Å². The molecule has 3 rings (SSSR count). The zero-order chi connectivity index (χ0) is 12.4. The minimum atomic E-state index is 0.327. The van der Waals surface area contributed by atoms with Crippen LogP contribution >= 0.6 is 0 Å². The van der Waals surface area contributed by atoms with E-state index in [1.807, 2.05) is 6.20 Å². The second kappa shape index (κ2) is 5.12. The van der Waals surface area contributed by atoms with Crippen molar-refractivity contribution in [3.8, 4) is 0 Å². The number of likely N-dealkylation sites (tertiary alicyclic amines) is 1. The van der Waals surface area contributed by atoms with Gasteiger partial charge in [0.1, 0.15) is 0 Å². The van der Waals surface area contributed by atoms with Gasteiger partial charge in [0.15, 0.2) is 0 Å². The number of amides is 1. The summed E-state index contributed by atoms with van der Waals surface area (Å²) >= 11 is 0. The van der Waals surface area contributed by atoms with Crippen molar-refractivity contribution in [2.24, 2.45) is 11.8 Å². The van der Waals surface area contributed by atoms with Crippen molar-refractivity contribution in [2.75, 3.05) is 13.1 Å². The predicted octanol–water partition coefficient (Wildman–Crippen LogP) is 1.99. The summed E-state index contributed by atoms with van der Waals surface area (Å²) in [7, 11) is 0. The molecular formula is C14H21N3O. The predicted molar refractivity (Wildman–Crippen MR) is 68.9 cm³/mol. The molecule has 0 spiro atoms. The monoisotopic (exact) mass is 247 g/mol. The topological polar surface area (TPSA) is 49.0 Å². The largest absolute Gasteiger partial charge is 0.342 e. The molecule has 2 aliphatic rings. The number of aromatic amines is 1. The third-order valence-electron chi connectivity index (χ3n) is 4.38. The van der Waals surface area contributed by atoms with Gasteiger partial charge in [0, 0.05) is 25.7 Å². The van der Waals surface area contributed by atoms with Gasteiger partial charge in [-0.25, -0.2) is 0 Å². The summed E-state index contributed by atoms with van der Waals surface area (Å²) in [5.41, 5.74) is 1.13. The Balaban J connectivity index is 1.53. The second-order valence-electron chi connectivity index (χ2n) is 5.80. The number of nitrogens with one attached hydrogen (secondary N) is 1. The van der Waals surface area contributed by atoms with E-state index in [1.165, 1.54) is 25.7 Å². The van der Waals surface area contributed by atoms with Crippen LogP contribution in [0.25, 0.3) is 0 Å². The van der Waals surface area contributed by atoms with E-state index in [9.17, 15) is 4.79 Å². The Hall–Kier alpha value is -1.32. The van der Waals surface area contributed by atoms with Crippen LogP contribution in [-0.2, 0) is 11.2 Å². The van der Waals surface area contributed by atoms with Crippen LogP contribution in [0.4, 0.5) is 0 Å². The first-order valence-corrected chi connectivity index (χ1v) is 7.06. The minimum Gasteiger partial charge on any atom is -0.342 e. The van der Waals surface area contributed by atoms with E-state index < -0.39 is 0 Å². The lowest BCUT2D eigenvalue weighted by Gasteiger charge is -2.41. The SMILES string of the molecule is O=C(CCc1cn[nH]c1)N1C[C@H]2CCC[C@@H](C2)C1. The molecule has 2 bridgehead atoms. The zero-order valence-corrected chi connectivity index (χ0v) is 10.8. The van der Waals surface area contributed by atoms with Crippen molar-refractivity contribution in [3.05, 3.63) is 18.0 Å². The molecule has 2 atom stereocenters. The number of aromatic nitrogens is 2. The Bertz CT molecular complexity index is 389. The summed E-state index contributed by atoms with van der Waals surface area (Å²) in [6, 6.07) is 0. The Morgan fingerprint density at radius 2 is 2.17 bits per heavy atom. The minimum absolute atomic E-state index is 0.327. The molecule has 4 nitrogen and oxygen atoms in total. The van der Waals surface area contributed by atoms with Crippen molar-refractivity contribution in [1.82, 2.24) is 15.1 Å². The normalized spacial score (nSPS) is 27.2. The number of piperidine rings is 1. The lowest BCUT2D eigenvalue weighted by Crippen LogP contribution is -2.45. The fourth-order valence-corrected chi connectivity index (χ4v) is 3.46. The van der Waals surface area contributed by atoms with E-state index in [0.29, 0.717) is 12.3 Å². The fourth-order valence-electron chi connectivity index (χ4n) is 3.46. The Morgan fingerprint density at radius 1 is 1.39 bits per heavy atom. The van der Waals surface area contributed by atoms with Crippen molar-refractivity contribution in [2.45, 2.75) is 38.5 Å². The highest BCUT2D eigenvalue weighted by Crippen LogP contribution is 2.34. The van der Waals surface area contributed by atoms with Gasteiger partial charge in [-0.15, -0.1) is 0 Å². The number of H-pyrrole nitrogens is 1. The van der Waals surface area contributed by atoms with Crippen LogP contribution < -0.4 is 0 Å². The molecule has 0 unspecified atom stereocenters. The molecule has 0 radical (unpaired) electrons. The summed E-state index contributed by atoms with van der Waals surface area (Å²) in [5.74, 6) is 1.87. The molecule has 1 amide bonds. The van der Waals surface area contributed by atoms with Gasteiger partial charge in [0.05, 0.1) is 6.20 Å². The molecular weight excluding hydrogens is 226 g/mol. The third kappa shape index (κ3) is 2.57. The molecule has 1 aliphatic heterocycles. The first-order valence-electron chi connectivity index (χ1n) is 7.06. The van der Waals surface area contributed by atoms with E-state index in [0.717, 1.165) is 36.9 Å². The average molecular weight is 247 g/mol. The maximum Gasteiger partial charge on any atom is 0.222 e. The Morgan fingerprint density at radius 3 is 2.83 bits per heavy atom. The van der Waals surface area contributed by atoms with Crippen molar-refractivity contribution in [3.63, 3.8) is 0 Å². The van der Waals surface area contributed by atoms with E-state index in [-0.39, 0.29) is 0 Å². The number of rotatable bonds is 3. The fraction of sp³-hybridized carbons (Fsp3) is 0.714. The van der Waals surface area contributed by atoms with Gasteiger partial charge in [-0.3, -0.25) is 9.89 Å². The molecule has 1 aromatic rings. The van der Waals surface area contributed by atoms with Crippen LogP contribution in [0, 0.1) is 11.8 Å². The van der Waals surface area contributed by atoms with E-state index >= 15 is 0 Å². The highest BCUT2D eigenvalue weighted by molar-refractivity contribution is 5.76. The van der Waals surface area contributed by atoms with E-state index in [4.69, 9.17) is 0 Å². The molecule has 1 saturated carbocycles. The van der Waals surface area contributed by atoms with Crippen LogP contribution in [0.3, 0.4) is 0 Å². The summed E-state index contributed by atoms with van der Waals surface area (Å²) < 4.78 is 0. The number of fused-ring (bicyclic) bond motifs is 2. The third-order valence-corrected chi connectivity index (χ3v) is 4.38. The first kappa shape index (κ1) is 11.8. The molecule has 2 heterocycles. The Kier molecular flexibility index (Phi) is 3.35. The van der Waals surface area contributed by atoms with E-state index in [2.05, 4.69) is 15.1 Å². The molecule has 0 aromatic carbocycles. The number of carbonyl (C=O) groups excluding carboxylic acids is 1. The molecule has 98 valence electrons. The van der Waals surface area contributed by atoms with Crippen molar-refractivity contribution < 1.29 is 4.79 Å². The second-order valence-corrected chi connectivity index (χ2v) is 5.80. The number of carbonyl (C=O) groups is 1. The molecule has 4 heteroatoms. The molecule has 1 N–H and O–H groups in total. The Labute approximate surface area is 108 Å². The van der Waals surface area contributed by atoms with Gasteiger partial charge in [-0.1, -0.05) is 6.42 Å². The summed E-state index contributed by atoms with van der Waals surface area (Å²) in [6.45, 7) is 2.00. The number of hydrogen-bond donors (Lipinski definition) is 1. The number of hydrogen-bond acceptors (Lipinski definition) is 2. The highest BCUT2D eigenvalue weighted by atomic mass is 16.2. The zero-order valence-electron chi connectivity index (χ0n) is 10.8. The molecule has 1 saturated heterocycles. The standard InChI is InChI=1S/C14H21N3O/c18-14(5-4-13-7-15-16-8-13)17-9-11-2-1-3-12(6-11)10-17/h7-8,11-12H,1-6,9-10H2,(H,15,16)/t11-,12-/m0/s1. The quantitative estimate of drug-likeness (QED) is 0.888. The smallest absolute Gasteiger partial charge is 0.222 e. The summed E-state index contributed by atoms with van der Waals surface area (Å²) in [5, 5.41) is 6.70. The van der Waals surface area contributed by atoms with Crippen molar-refractivity contribution >= 4 is 5.91 Å². The van der Waals surface area contributed by atoms with Crippen LogP contribution in [0.1, 0.15) is 37.7 Å². The molecule has 2 fully saturated rings. The maximum absolute atomic E-state index is 12.2. The van der Waals surface area contributed by atoms with Gasteiger partial charge in [-0.05, 0) is 43.1 Å². The summed E-state index contributed by atoms with van der Waals surface area (Å²) in [6.07, 6.45) is 10.5. The average Bonchev–Trinajstić information content (AvgIpc) is 2.88. The van der Waals surface area contributed by atoms with Gasteiger partial charge in [0.25, 0.3) is 0 Å². The number of nitrogens with zero attached hydrogens (tertiary/aromatic N) is 2. The van der Waals surface area contributed by atoms with Crippen molar-refractivity contribution in [1.29, 1.82) is 0 Å². The molecule has 18 heavy (non-hydrogen) atoms. The highest BCUT2D eigenvalue weighted by Gasteiger charge is 2.32. The summed E-state index contributed by atoms with van der Waals surface area (Å²) in [4.78, 5) is 14.3. The lowest BCUT2D eigenvalue weighted by atomic mass is 9.78. The van der Waals surface area contributed by atoms with Gasteiger partial charge in [-0.2, -0.15) is 5.10 Å². The van der Waals surface area contributed by atoms with Gasteiger partial charge < -0.3 is 4.90 Å². The van der Waals surface area contributed by atoms with Crippen LogP contribution in [0.15, 0.2) is 12.4 Å². The lowest BCUT2D eigenvalue weighted by molar-refractivity contribution is -0.134. The van der Waals surface area contributed by atoms with Crippen LogP contribution in [0.5, 0.6) is 0 Å². The molecule has 1 aromatic heterocycles.